The second kappa shape index (κ2) is 4.77. The summed E-state index contributed by atoms with van der Waals surface area (Å²) in [5, 5.41) is 18.6. The topological polar surface area (TPSA) is 53.8 Å². The Bertz CT molecular complexity index is 965. The van der Waals surface area contributed by atoms with Gasteiger partial charge in [0.2, 0.25) is 0 Å². The average molecular weight is 289 g/mol. The molecule has 0 aliphatic carbocycles. The van der Waals surface area contributed by atoms with E-state index in [1.807, 2.05) is 37.4 Å². The van der Waals surface area contributed by atoms with Crippen LogP contribution in [0.15, 0.2) is 60.8 Å². The Balaban J connectivity index is 1.86. The van der Waals surface area contributed by atoms with Crippen LogP contribution in [0.1, 0.15) is 0 Å². The summed E-state index contributed by atoms with van der Waals surface area (Å²) in [7, 11) is 2.03. The Morgan fingerprint density at radius 2 is 1.77 bits per heavy atom. The van der Waals surface area contributed by atoms with Crippen LogP contribution in [0.4, 0.5) is 0 Å². The first kappa shape index (κ1) is 12.7. The van der Waals surface area contributed by atoms with E-state index in [4.69, 9.17) is 0 Å². The van der Waals surface area contributed by atoms with Crippen LogP contribution in [-0.2, 0) is 7.05 Å². The van der Waals surface area contributed by atoms with Crippen molar-refractivity contribution >= 4 is 10.9 Å². The Morgan fingerprint density at radius 1 is 1.00 bits per heavy atom. The summed E-state index contributed by atoms with van der Waals surface area (Å²) >= 11 is 0. The zero-order chi connectivity index (χ0) is 15.1. The fraction of sp³-hybridized carbons (Fsp3) is 0.0556. The molecule has 4 nitrogen and oxygen atoms in total. The third kappa shape index (κ3) is 1.89. The van der Waals surface area contributed by atoms with Crippen LogP contribution in [0, 0.1) is 0 Å². The maximum atomic E-state index is 9.97. The summed E-state index contributed by atoms with van der Waals surface area (Å²) in [6.07, 6.45) is 2.08. The highest BCUT2D eigenvalue weighted by Crippen LogP contribution is 2.33. The van der Waals surface area contributed by atoms with E-state index in [9.17, 15) is 5.11 Å². The first-order chi connectivity index (χ1) is 10.7. The summed E-state index contributed by atoms with van der Waals surface area (Å²) in [6, 6.07) is 17.5. The Morgan fingerprint density at radius 3 is 2.64 bits per heavy atom. The van der Waals surface area contributed by atoms with Crippen molar-refractivity contribution in [1.82, 2.24) is 14.8 Å². The molecule has 0 radical (unpaired) electrons. The molecule has 0 saturated carbocycles. The second-order valence-corrected chi connectivity index (χ2v) is 5.35. The van der Waals surface area contributed by atoms with Gasteiger partial charge >= 0.3 is 0 Å². The number of hydrogen-bond donors (Lipinski definition) is 2. The van der Waals surface area contributed by atoms with Gasteiger partial charge in [0.15, 0.2) is 0 Å². The van der Waals surface area contributed by atoms with Gasteiger partial charge in [0.05, 0.1) is 11.4 Å². The van der Waals surface area contributed by atoms with Gasteiger partial charge in [-0.05, 0) is 24.3 Å². The van der Waals surface area contributed by atoms with Gasteiger partial charge in [-0.2, -0.15) is 5.10 Å². The normalized spacial score (nSPS) is 11.1. The van der Waals surface area contributed by atoms with Crippen molar-refractivity contribution in [3.05, 3.63) is 60.8 Å². The molecule has 0 fully saturated rings. The van der Waals surface area contributed by atoms with E-state index >= 15 is 0 Å². The smallest absolute Gasteiger partial charge is 0.124 e. The molecule has 0 aliphatic heterocycles. The number of phenolic OH excluding ortho intramolecular Hbond substituents is 1. The van der Waals surface area contributed by atoms with Crippen LogP contribution in [0.2, 0.25) is 0 Å². The molecular formula is C18H15N3O. The van der Waals surface area contributed by atoms with E-state index in [1.165, 1.54) is 10.9 Å². The minimum absolute atomic E-state index is 0.246. The first-order valence-corrected chi connectivity index (χ1v) is 7.12. The van der Waals surface area contributed by atoms with Crippen molar-refractivity contribution in [3.63, 3.8) is 0 Å². The predicted molar refractivity (Wildman–Crippen MR) is 87.6 cm³/mol. The third-order valence-electron chi connectivity index (χ3n) is 3.94. The molecule has 0 spiro atoms. The van der Waals surface area contributed by atoms with E-state index in [-0.39, 0.29) is 5.75 Å². The lowest BCUT2D eigenvalue weighted by Crippen LogP contribution is -1.81. The van der Waals surface area contributed by atoms with Gasteiger partial charge in [0.1, 0.15) is 5.75 Å². The summed E-state index contributed by atoms with van der Waals surface area (Å²) in [5.41, 5.74) is 4.68. The molecule has 4 rings (SSSR count). The Labute approximate surface area is 127 Å². The number of rotatable bonds is 2. The predicted octanol–water partition coefficient (Wildman–Crippen LogP) is 3.94. The molecule has 4 aromatic rings. The highest BCUT2D eigenvalue weighted by Gasteiger charge is 2.13. The number of aromatic amines is 1. The molecule has 22 heavy (non-hydrogen) atoms. The molecule has 0 atom stereocenters. The zero-order valence-electron chi connectivity index (χ0n) is 12.1. The number of H-pyrrole nitrogens is 1. The molecule has 2 N–H and O–H groups in total. The first-order valence-electron chi connectivity index (χ1n) is 7.12. The third-order valence-corrected chi connectivity index (χ3v) is 3.94. The molecule has 2 aromatic carbocycles. The van der Waals surface area contributed by atoms with E-state index in [2.05, 4.69) is 33.1 Å². The number of phenols is 1. The lowest BCUT2D eigenvalue weighted by Gasteiger charge is -1.99. The van der Waals surface area contributed by atoms with Crippen LogP contribution >= 0.6 is 0 Å². The quantitative estimate of drug-likeness (QED) is 0.587. The van der Waals surface area contributed by atoms with Gasteiger partial charge in [-0.3, -0.25) is 5.10 Å². The molecule has 108 valence electrons. The summed E-state index contributed by atoms with van der Waals surface area (Å²) in [4.78, 5) is 0. The zero-order valence-corrected chi connectivity index (χ0v) is 12.1. The molecule has 0 saturated heterocycles. The Hall–Kier alpha value is -3.01. The van der Waals surface area contributed by atoms with E-state index in [0.717, 1.165) is 22.5 Å². The average Bonchev–Trinajstić information content (AvgIpc) is 3.13. The standard InChI is InChI=1S/C18H15N3O/c1-21-11-14(12-6-2-4-8-17(12)21)16-10-15(19-20-16)13-7-3-5-9-18(13)22/h2-11,22H,1H3,(H,19,20). The van der Waals surface area contributed by atoms with Crippen molar-refractivity contribution in [1.29, 1.82) is 0 Å². The SMILES string of the molecule is Cn1cc(-c2cc(-c3ccccc3O)[nH]n2)c2ccccc21. The van der Waals surface area contributed by atoms with Gasteiger partial charge in [-0.25, -0.2) is 0 Å². The van der Waals surface area contributed by atoms with Crippen molar-refractivity contribution in [2.75, 3.05) is 0 Å². The maximum Gasteiger partial charge on any atom is 0.124 e. The molecule has 2 aromatic heterocycles. The number of benzene rings is 2. The van der Waals surface area contributed by atoms with Gasteiger partial charge in [0, 0.05) is 35.3 Å². The van der Waals surface area contributed by atoms with Gasteiger partial charge < -0.3 is 9.67 Å². The number of nitrogens with zero attached hydrogens (tertiary/aromatic N) is 2. The summed E-state index contributed by atoms with van der Waals surface area (Å²) in [6.45, 7) is 0. The van der Waals surface area contributed by atoms with Gasteiger partial charge in [-0.15, -0.1) is 0 Å². The fourth-order valence-corrected chi connectivity index (χ4v) is 2.84. The number of aromatic nitrogens is 3. The number of para-hydroxylation sites is 2. The number of fused-ring (bicyclic) bond motifs is 1. The minimum Gasteiger partial charge on any atom is -0.507 e. The number of nitrogens with one attached hydrogen (secondary N) is 1. The second-order valence-electron chi connectivity index (χ2n) is 5.35. The van der Waals surface area contributed by atoms with Crippen molar-refractivity contribution in [2.45, 2.75) is 0 Å². The molecule has 0 unspecified atom stereocenters. The highest BCUT2D eigenvalue weighted by atomic mass is 16.3. The lowest BCUT2D eigenvalue weighted by atomic mass is 10.1. The molecule has 0 bridgehead atoms. The number of aryl methyl sites for hydroxylation is 1. The van der Waals surface area contributed by atoms with Crippen LogP contribution in [0.3, 0.4) is 0 Å². The largest absolute Gasteiger partial charge is 0.507 e. The minimum atomic E-state index is 0.246. The highest BCUT2D eigenvalue weighted by molar-refractivity contribution is 5.95. The summed E-state index contributed by atoms with van der Waals surface area (Å²) < 4.78 is 2.10. The van der Waals surface area contributed by atoms with Crippen molar-refractivity contribution < 1.29 is 5.11 Å². The summed E-state index contributed by atoms with van der Waals surface area (Å²) in [5.74, 6) is 0.246. The molecule has 4 heteroatoms. The monoisotopic (exact) mass is 289 g/mol. The molecular weight excluding hydrogens is 274 g/mol. The van der Waals surface area contributed by atoms with Gasteiger partial charge in [-0.1, -0.05) is 30.3 Å². The van der Waals surface area contributed by atoms with Crippen molar-refractivity contribution in [2.24, 2.45) is 7.05 Å². The lowest BCUT2D eigenvalue weighted by molar-refractivity contribution is 0.477. The number of hydrogen-bond acceptors (Lipinski definition) is 2. The van der Waals surface area contributed by atoms with Gasteiger partial charge in [0.25, 0.3) is 0 Å². The maximum absolute atomic E-state index is 9.97. The van der Waals surface area contributed by atoms with Crippen molar-refractivity contribution in [3.8, 4) is 28.3 Å². The van der Waals surface area contributed by atoms with Crippen LogP contribution in [-0.4, -0.2) is 19.9 Å². The van der Waals surface area contributed by atoms with E-state index in [0.29, 0.717) is 0 Å². The fourth-order valence-electron chi connectivity index (χ4n) is 2.84. The molecule has 0 aliphatic rings. The van der Waals surface area contributed by atoms with E-state index < -0.39 is 0 Å². The Kier molecular flexibility index (Phi) is 2.76. The van der Waals surface area contributed by atoms with E-state index in [1.54, 1.807) is 12.1 Å². The van der Waals surface area contributed by atoms with Crippen LogP contribution in [0.25, 0.3) is 33.4 Å². The molecule has 2 heterocycles. The number of aromatic hydroxyl groups is 1. The van der Waals surface area contributed by atoms with Crippen LogP contribution < -0.4 is 0 Å². The molecule has 0 amide bonds. The van der Waals surface area contributed by atoms with Crippen LogP contribution in [0.5, 0.6) is 5.75 Å².